The van der Waals surface area contributed by atoms with E-state index in [2.05, 4.69) is 22.2 Å². The topological polar surface area (TPSA) is 109 Å². The second-order valence-corrected chi connectivity index (χ2v) is 14.4. The Morgan fingerprint density at radius 1 is 0.959 bits per heavy atom. The molecule has 14 heteroatoms. The van der Waals surface area contributed by atoms with Crippen LogP contribution in [0.4, 0.5) is 24.5 Å². The first-order valence-corrected chi connectivity index (χ1v) is 17.7. The minimum Gasteiger partial charge on any atom is -0.397 e. The number of piperazine rings is 1. The number of likely N-dealkylation sites (tertiary alicyclic amines) is 2. The summed E-state index contributed by atoms with van der Waals surface area (Å²) in [4.78, 5) is 38.2. The molecule has 4 aliphatic rings. The summed E-state index contributed by atoms with van der Waals surface area (Å²) >= 11 is 6.15. The van der Waals surface area contributed by atoms with Crippen LogP contribution < -0.4 is 11.1 Å². The number of likely N-dealkylation sites (N-methyl/N-ethyl adjacent to an activating group) is 1. The highest BCUT2D eigenvalue weighted by atomic mass is 35.5. The van der Waals surface area contributed by atoms with E-state index in [4.69, 9.17) is 17.3 Å². The molecule has 3 saturated heterocycles. The minimum absolute atomic E-state index is 0.0524. The normalized spacial score (nSPS) is 22.9. The van der Waals surface area contributed by atoms with E-state index in [0.717, 1.165) is 56.3 Å². The third-order valence-electron chi connectivity index (χ3n) is 10.8. The van der Waals surface area contributed by atoms with Gasteiger partial charge in [0.05, 0.1) is 22.2 Å². The highest BCUT2D eigenvalue weighted by Gasteiger charge is 2.38. The van der Waals surface area contributed by atoms with E-state index in [9.17, 15) is 27.9 Å². The number of halogens is 4. The SMILES string of the molecule is CN1CCN(C2CCN(C(=O)C(CC(=O)N3CCC(N4Cc5ccccc5NC4O)CC3)Cc3cc(Cl)c(N)c(C(F)(F)F)c3)CC2)CC1. The van der Waals surface area contributed by atoms with Crippen molar-refractivity contribution < 1.29 is 27.9 Å². The fraction of sp³-hybridized carbons (Fsp3) is 0.600. The second-order valence-electron chi connectivity index (χ2n) is 14.0. The van der Waals surface area contributed by atoms with Gasteiger partial charge in [-0.05, 0) is 68.5 Å². The Morgan fingerprint density at radius 3 is 2.27 bits per heavy atom. The maximum Gasteiger partial charge on any atom is 0.418 e. The van der Waals surface area contributed by atoms with E-state index in [1.54, 1.807) is 9.80 Å². The van der Waals surface area contributed by atoms with Crippen LogP contribution in [0, 0.1) is 5.92 Å². The first kappa shape index (κ1) is 35.7. The van der Waals surface area contributed by atoms with Gasteiger partial charge in [-0.1, -0.05) is 29.8 Å². The number of rotatable bonds is 7. The molecular weight excluding hydrogens is 659 g/mol. The Balaban J connectivity index is 1.12. The summed E-state index contributed by atoms with van der Waals surface area (Å²) in [5, 5.41) is 13.7. The van der Waals surface area contributed by atoms with Gasteiger partial charge in [-0.2, -0.15) is 13.2 Å². The van der Waals surface area contributed by atoms with E-state index in [1.165, 1.54) is 6.07 Å². The number of aliphatic hydroxyl groups excluding tert-OH is 1. The first-order valence-electron chi connectivity index (χ1n) is 17.3. The van der Waals surface area contributed by atoms with Crippen LogP contribution >= 0.6 is 11.6 Å². The molecule has 4 heterocycles. The van der Waals surface area contributed by atoms with Crippen molar-refractivity contribution in [3.8, 4) is 0 Å². The second kappa shape index (κ2) is 15.0. The van der Waals surface area contributed by atoms with Crippen LogP contribution in [0.3, 0.4) is 0 Å². The van der Waals surface area contributed by atoms with Gasteiger partial charge >= 0.3 is 6.18 Å². The van der Waals surface area contributed by atoms with Crippen molar-refractivity contribution in [2.75, 3.05) is 70.5 Å². The summed E-state index contributed by atoms with van der Waals surface area (Å²) < 4.78 is 41.5. The van der Waals surface area contributed by atoms with E-state index in [-0.39, 0.29) is 41.3 Å². The molecule has 4 aliphatic heterocycles. The molecule has 0 saturated carbocycles. The van der Waals surface area contributed by atoms with Crippen LogP contribution in [0.5, 0.6) is 0 Å². The number of nitrogens with two attached hydrogens (primary N) is 1. The third kappa shape index (κ3) is 8.28. The van der Waals surface area contributed by atoms with Crippen LogP contribution in [0.2, 0.25) is 5.02 Å². The lowest BCUT2D eigenvalue weighted by molar-refractivity contribution is -0.143. The number of fused-ring (bicyclic) bond motifs is 1. The van der Waals surface area contributed by atoms with Crippen molar-refractivity contribution in [3.63, 3.8) is 0 Å². The molecule has 10 nitrogen and oxygen atoms in total. The van der Waals surface area contributed by atoms with E-state index < -0.39 is 29.7 Å². The predicted octanol–water partition coefficient (Wildman–Crippen LogP) is 3.92. The average Bonchev–Trinajstić information content (AvgIpc) is 3.09. The monoisotopic (exact) mass is 705 g/mol. The van der Waals surface area contributed by atoms with Crippen molar-refractivity contribution in [1.29, 1.82) is 0 Å². The summed E-state index contributed by atoms with van der Waals surface area (Å²) in [5.41, 5.74) is 6.31. The Bertz CT molecular complexity index is 1490. The number of alkyl halides is 3. The van der Waals surface area contributed by atoms with Gasteiger partial charge in [0.15, 0.2) is 6.35 Å². The lowest BCUT2D eigenvalue weighted by atomic mass is 9.91. The number of nitrogens with zero attached hydrogens (tertiary/aromatic N) is 5. The standard InChI is InChI=1S/C35H47ClF3N7O3/c1-42-14-16-43(17-15-42)26-6-12-45(13-7-26)33(48)25(18-23-19-28(35(37,38)39)32(40)29(36)20-23)21-31(47)44-10-8-27(9-11-44)46-22-24-4-2-3-5-30(24)41-34(46)49/h2-5,19-20,25-27,34,41,49H,6-18,21-22,40H2,1H3. The number of para-hydroxylation sites is 1. The zero-order valence-corrected chi connectivity index (χ0v) is 28.7. The van der Waals surface area contributed by atoms with Crippen molar-refractivity contribution in [2.45, 2.75) is 69.7 Å². The van der Waals surface area contributed by atoms with E-state index in [0.29, 0.717) is 51.6 Å². The predicted molar refractivity (Wildman–Crippen MR) is 183 cm³/mol. The van der Waals surface area contributed by atoms with E-state index in [1.807, 2.05) is 29.2 Å². The number of amides is 2. The molecule has 0 bridgehead atoms. The van der Waals surface area contributed by atoms with Crippen LogP contribution in [-0.2, 0) is 28.7 Å². The quantitative estimate of drug-likeness (QED) is 0.373. The van der Waals surface area contributed by atoms with Crippen molar-refractivity contribution in [3.05, 3.63) is 58.1 Å². The summed E-state index contributed by atoms with van der Waals surface area (Å²) in [6, 6.07) is 10.6. The largest absolute Gasteiger partial charge is 0.418 e. The Kier molecular flexibility index (Phi) is 10.9. The average molecular weight is 706 g/mol. The van der Waals surface area contributed by atoms with Crippen LogP contribution in [0.15, 0.2) is 36.4 Å². The molecule has 49 heavy (non-hydrogen) atoms. The highest BCUT2D eigenvalue weighted by molar-refractivity contribution is 6.33. The number of nitrogens with one attached hydrogen (secondary N) is 1. The van der Waals surface area contributed by atoms with Gasteiger partial charge < -0.3 is 30.9 Å². The first-order chi connectivity index (χ1) is 23.4. The number of hydrogen-bond acceptors (Lipinski definition) is 8. The van der Waals surface area contributed by atoms with Gasteiger partial charge in [0.25, 0.3) is 0 Å². The number of carbonyl (C=O) groups is 2. The molecule has 0 aromatic heterocycles. The third-order valence-corrected chi connectivity index (χ3v) is 11.1. The number of nitrogen functional groups attached to an aromatic ring is 1. The number of hydrogen-bond donors (Lipinski definition) is 3. The molecule has 2 unspecified atom stereocenters. The summed E-state index contributed by atoms with van der Waals surface area (Å²) in [6.45, 7) is 6.58. The maximum atomic E-state index is 14.1. The lowest BCUT2D eigenvalue weighted by Crippen LogP contribution is -2.54. The molecule has 2 atom stereocenters. The number of piperidine rings is 2. The molecule has 4 N–H and O–H groups in total. The number of benzene rings is 2. The Morgan fingerprint density at radius 2 is 1.59 bits per heavy atom. The zero-order chi connectivity index (χ0) is 34.9. The van der Waals surface area contributed by atoms with Crippen LogP contribution in [0.1, 0.15) is 48.8 Å². The van der Waals surface area contributed by atoms with Gasteiger partial charge in [0.1, 0.15) is 0 Å². The number of anilines is 2. The summed E-state index contributed by atoms with van der Waals surface area (Å²) in [5.74, 6) is -1.28. The molecule has 0 radical (unpaired) electrons. The molecular formula is C35H47ClF3N7O3. The van der Waals surface area contributed by atoms with Crippen LogP contribution in [-0.4, -0.2) is 119 Å². The minimum atomic E-state index is -4.71. The Hall–Kier alpha value is -3.10. The molecule has 0 spiro atoms. The van der Waals surface area contributed by atoms with Gasteiger partial charge in [0.2, 0.25) is 11.8 Å². The molecule has 3 fully saturated rings. The molecule has 0 aliphatic carbocycles. The molecule has 2 aromatic rings. The van der Waals surface area contributed by atoms with Gasteiger partial charge in [-0.3, -0.25) is 19.4 Å². The fourth-order valence-electron chi connectivity index (χ4n) is 7.87. The van der Waals surface area contributed by atoms with Crippen molar-refractivity contribution >= 4 is 34.8 Å². The fourth-order valence-corrected chi connectivity index (χ4v) is 8.12. The lowest BCUT2D eigenvalue weighted by Gasteiger charge is -2.44. The highest BCUT2D eigenvalue weighted by Crippen LogP contribution is 2.39. The zero-order valence-electron chi connectivity index (χ0n) is 28.0. The smallest absolute Gasteiger partial charge is 0.397 e. The Labute approximate surface area is 290 Å². The summed E-state index contributed by atoms with van der Waals surface area (Å²) in [7, 11) is 2.12. The number of aliphatic hydroxyl groups is 1. The van der Waals surface area contributed by atoms with Gasteiger partial charge in [-0.25, -0.2) is 0 Å². The van der Waals surface area contributed by atoms with Crippen LogP contribution in [0.25, 0.3) is 0 Å². The molecule has 2 aromatic carbocycles. The molecule has 268 valence electrons. The molecule has 2 amide bonds. The van der Waals surface area contributed by atoms with Crippen molar-refractivity contribution in [2.24, 2.45) is 5.92 Å². The van der Waals surface area contributed by atoms with Gasteiger partial charge in [0, 0.05) is 83.1 Å². The summed E-state index contributed by atoms with van der Waals surface area (Å²) in [6.07, 6.45) is -2.80. The molecule has 6 rings (SSSR count). The number of carbonyl (C=O) groups excluding carboxylic acids is 2. The maximum absolute atomic E-state index is 14.1. The van der Waals surface area contributed by atoms with Gasteiger partial charge in [-0.15, -0.1) is 0 Å². The van der Waals surface area contributed by atoms with E-state index >= 15 is 0 Å². The van der Waals surface area contributed by atoms with Crippen molar-refractivity contribution in [1.82, 2.24) is 24.5 Å².